The van der Waals surface area contributed by atoms with E-state index in [2.05, 4.69) is 10.6 Å². The maximum Gasteiger partial charge on any atom is 0.326 e. The second kappa shape index (κ2) is 11.1. The average molecular weight is 428 g/mol. The number of phenols is 1. The van der Waals surface area contributed by atoms with Gasteiger partial charge in [0.25, 0.3) is 0 Å². The van der Waals surface area contributed by atoms with Crippen LogP contribution in [0.1, 0.15) is 25.0 Å². The van der Waals surface area contributed by atoms with Crippen LogP contribution >= 0.6 is 0 Å². The number of carbonyl (C=O) groups is 3. The van der Waals surface area contributed by atoms with Gasteiger partial charge in [0.05, 0.1) is 6.04 Å². The maximum atomic E-state index is 12.8. The van der Waals surface area contributed by atoms with Gasteiger partial charge in [0.2, 0.25) is 11.8 Å². The third-order valence-electron chi connectivity index (χ3n) is 4.87. The predicted molar refractivity (Wildman–Crippen MR) is 116 cm³/mol. The molecule has 2 aromatic carbocycles. The van der Waals surface area contributed by atoms with Crippen LogP contribution in [0.5, 0.6) is 5.75 Å². The number of carbonyl (C=O) groups excluding carboxylic acids is 2. The van der Waals surface area contributed by atoms with Gasteiger partial charge in [-0.2, -0.15) is 0 Å². The summed E-state index contributed by atoms with van der Waals surface area (Å²) in [6.45, 7) is 3.51. The SMILES string of the molecule is CC(C)[C@H](NC(=O)[C@@H](N)Cc1ccccc1)C(=O)N[C@@H](Cc1ccc(O)cc1)C(=O)O. The average Bonchev–Trinajstić information content (AvgIpc) is 2.73. The molecule has 0 aliphatic rings. The zero-order valence-electron chi connectivity index (χ0n) is 17.6. The van der Waals surface area contributed by atoms with E-state index in [-0.39, 0.29) is 18.1 Å². The lowest BCUT2D eigenvalue weighted by Crippen LogP contribution is -2.56. The Labute approximate surface area is 181 Å². The van der Waals surface area contributed by atoms with Gasteiger partial charge in [0, 0.05) is 6.42 Å². The molecule has 6 N–H and O–H groups in total. The summed E-state index contributed by atoms with van der Waals surface area (Å²) in [5.74, 6) is -2.49. The van der Waals surface area contributed by atoms with Crippen molar-refractivity contribution in [2.24, 2.45) is 11.7 Å². The van der Waals surface area contributed by atoms with Crippen molar-refractivity contribution >= 4 is 17.8 Å². The number of carboxylic acids is 1. The van der Waals surface area contributed by atoms with Gasteiger partial charge in [0.15, 0.2) is 0 Å². The molecule has 0 saturated heterocycles. The van der Waals surface area contributed by atoms with E-state index in [4.69, 9.17) is 5.73 Å². The summed E-state index contributed by atoms with van der Waals surface area (Å²) in [5.41, 5.74) is 7.54. The van der Waals surface area contributed by atoms with E-state index in [1.165, 1.54) is 12.1 Å². The van der Waals surface area contributed by atoms with Gasteiger partial charge in [-0.1, -0.05) is 56.3 Å². The Morgan fingerprint density at radius 1 is 0.871 bits per heavy atom. The van der Waals surface area contributed by atoms with Crippen LogP contribution in [-0.2, 0) is 27.2 Å². The zero-order chi connectivity index (χ0) is 23.0. The minimum atomic E-state index is -1.20. The smallest absolute Gasteiger partial charge is 0.326 e. The first-order chi connectivity index (χ1) is 14.7. The first-order valence-corrected chi connectivity index (χ1v) is 10.1. The highest BCUT2D eigenvalue weighted by Crippen LogP contribution is 2.12. The molecule has 2 rings (SSSR count). The van der Waals surface area contributed by atoms with Crippen LogP contribution in [0.15, 0.2) is 54.6 Å². The van der Waals surface area contributed by atoms with Gasteiger partial charge in [-0.15, -0.1) is 0 Å². The first-order valence-electron chi connectivity index (χ1n) is 10.1. The van der Waals surface area contributed by atoms with E-state index in [9.17, 15) is 24.6 Å². The summed E-state index contributed by atoms with van der Waals surface area (Å²) >= 11 is 0. The van der Waals surface area contributed by atoms with Gasteiger partial charge in [0.1, 0.15) is 17.8 Å². The summed E-state index contributed by atoms with van der Waals surface area (Å²) in [6, 6.07) is 12.4. The van der Waals surface area contributed by atoms with Gasteiger partial charge in [-0.25, -0.2) is 4.79 Å². The zero-order valence-corrected chi connectivity index (χ0v) is 17.6. The van der Waals surface area contributed by atoms with E-state index in [1.807, 2.05) is 30.3 Å². The Kier molecular flexibility index (Phi) is 8.57. The lowest BCUT2D eigenvalue weighted by molar-refractivity contribution is -0.142. The Balaban J connectivity index is 2.02. The topological polar surface area (TPSA) is 142 Å². The molecule has 2 aromatic rings. The summed E-state index contributed by atoms with van der Waals surface area (Å²) < 4.78 is 0. The Hall–Kier alpha value is -3.39. The second-order valence-corrected chi connectivity index (χ2v) is 7.80. The number of carboxylic acid groups (broad SMARTS) is 1. The van der Waals surface area contributed by atoms with E-state index in [0.717, 1.165) is 5.56 Å². The van der Waals surface area contributed by atoms with Crippen molar-refractivity contribution in [2.75, 3.05) is 0 Å². The number of phenolic OH excluding ortho intramolecular Hbond substituents is 1. The normalized spacial score (nSPS) is 13.8. The Morgan fingerprint density at radius 3 is 2.00 bits per heavy atom. The van der Waals surface area contributed by atoms with Gasteiger partial charge < -0.3 is 26.6 Å². The van der Waals surface area contributed by atoms with Crippen LogP contribution in [0.3, 0.4) is 0 Å². The Morgan fingerprint density at radius 2 is 1.45 bits per heavy atom. The van der Waals surface area contributed by atoms with Gasteiger partial charge >= 0.3 is 5.97 Å². The van der Waals surface area contributed by atoms with Crippen molar-refractivity contribution < 1.29 is 24.6 Å². The third-order valence-corrected chi connectivity index (χ3v) is 4.87. The summed E-state index contributed by atoms with van der Waals surface area (Å²) in [5, 5.41) is 24.0. The molecule has 0 heterocycles. The van der Waals surface area contributed by atoms with E-state index in [1.54, 1.807) is 26.0 Å². The predicted octanol–water partition coefficient (Wildman–Crippen LogP) is 1.21. The van der Waals surface area contributed by atoms with Crippen molar-refractivity contribution in [3.8, 4) is 5.75 Å². The van der Waals surface area contributed by atoms with Crippen molar-refractivity contribution in [1.82, 2.24) is 10.6 Å². The van der Waals surface area contributed by atoms with Crippen LogP contribution in [0.25, 0.3) is 0 Å². The van der Waals surface area contributed by atoms with Gasteiger partial charge in [-0.05, 0) is 35.6 Å². The number of rotatable bonds is 10. The van der Waals surface area contributed by atoms with Crippen LogP contribution < -0.4 is 16.4 Å². The number of amides is 2. The van der Waals surface area contributed by atoms with Crippen molar-refractivity contribution in [3.05, 3.63) is 65.7 Å². The van der Waals surface area contributed by atoms with E-state index < -0.39 is 35.9 Å². The van der Waals surface area contributed by atoms with Gasteiger partial charge in [-0.3, -0.25) is 9.59 Å². The molecule has 0 spiro atoms. The minimum Gasteiger partial charge on any atom is -0.508 e. The maximum absolute atomic E-state index is 12.8. The highest BCUT2D eigenvalue weighted by atomic mass is 16.4. The fraction of sp³-hybridized carbons (Fsp3) is 0.348. The second-order valence-electron chi connectivity index (χ2n) is 7.80. The van der Waals surface area contributed by atoms with Crippen molar-refractivity contribution in [2.45, 2.75) is 44.8 Å². The summed E-state index contributed by atoms with van der Waals surface area (Å²) in [6.07, 6.45) is 0.353. The lowest BCUT2D eigenvalue weighted by Gasteiger charge is -2.25. The molecule has 0 saturated carbocycles. The van der Waals surface area contributed by atoms with Crippen molar-refractivity contribution in [1.29, 1.82) is 0 Å². The molecule has 31 heavy (non-hydrogen) atoms. The number of aliphatic carboxylic acids is 1. The molecule has 0 radical (unpaired) electrons. The molecule has 3 atom stereocenters. The molecular weight excluding hydrogens is 398 g/mol. The highest BCUT2D eigenvalue weighted by Gasteiger charge is 2.30. The molecule has 8 nitrogen and oxygen atoms in total. The van der Waals surface area contributed by atoms with Crippen LogP contribution in [0.4, 0.5) is 0 Å². The highest BCUT2D eigenvalue weighted by molar-refractivity contribution is 5.92. The molecule has 8 heteroatoms. The number of aromatic hydroxyl groups is 1. The Bertz CT molecular complexity index is 884. The monoisotopic (exact) mass is 427 g/mol. The van der Waals surface area contributed by atoms with Crippen molar-refractivity contribution in [3.63, 3.8) is 0 Å². The van der Waals surface area contributed by atoms with E-state index in [0.29, 0.717) is 12.0 Å². The van der Waals surface area contributed by atoms with E-state index >= 15 is 0 Å². The number of benzene rings is 2. The fourth-order valence-corrected chi connectivity index (χ4v) is 3.09. The quantitative estimate of drug-likeness (QED) is 0.386. The summed E-state index contributed by atoms with van der Waals surface area (Å²) in [4.78, 5) is 37.0. The molecule has 166 valence electrons. The number of nitrogens with two attached hydrogens (primary N) is 1. The van der Waals surface area contributed by atoms with Crippen LogP contribution in [0.2, 0.25) is 0 Å². The summed E-state index contributed by atoms with van der Waals surface area (Å²) in [7, 11) is 0. The standard InChI is InChI=1S/C23H29N3O5/c1-14(2)20(26-21(28)18(24)12-15-6-4-3-5-7-15)22(29)25-19(23(30)31)13-16-8-10-17(27)11-9-16/h3-11,14,18-20,27H,12-13,24H2,1-2H3,(H,25,29)(H,26,28)(H,30,31)/t18-,19-,20-/m0/s1. The van der Waals surface area contributed by atoms with Crippen LogP contribution in [-0.4, -0.2) is 46.1 Å². The molecule has 0 fully saturated rings. The van der Waals surface area contributed by atoms with Crippen LogP contribution in [0, 0.1) is 5.92 Å². The minimum absolute atomic E-state index is 0.0354. The number of nitrogens with one attached hydrogen (secondary N) is 2. The molecule has 0 aromatic heterocycles. The molecule has 0 aliphatic heterocycles. The number of hydrogen-bond donors (Lipinski definition) is 5. The molecular formula is C23H29N3O5. The molecule has 0 bridgehead atoms. The fourth-order valence-electron chi connectivity index (χ4n) is 3.09. The first kappa shape index (κ1) is 23.9. The third kappa shape index (κ3) is 7.42. The largest absolute Gasteiger partial charge is 0.508 e. The molecule has 0 aliphatic carbocycles. The number of hydrogen-bond acceptors (Lipinski definition) is 5. The lowest BCUT2D eigenvalue weighted by atomic mass is 10.00. The molecule has 0 unspecified atom stereocenters. The molecule has 2 amide bonds.